The van der Waals surface area contributed by atoms with Gasteiger partial charge in [0.15, 0.2) is 0 Å². The van der Waals surface area contributed by atoms with Gasteiger partial charge in [-0.25, -0.2) is 4.98 Å². The lowest BCUT2D eigenvalue weighted by molar-refractivity contribution is -0.122. The summed E-state index contributed by atoms with van der Waals surface area (Å²) in [6, 6.07) is 8.04. The van der Waals surface area contributed by atoms with E-state index in [9.17, 15) is 9.90 Å². The van der Waals surface area contributed by atoms with Crippen molar-refractivity contribution in [2.75, 3.05) is 0 Å². The monoisotopic (exact) mass is 299 g/mol. The Bertz CT molecular complexity index is 689. The Morgan fingerprint density at radius 3 is 2.59 bits per heavy atom. The van der Waals surface area contributed by atoms with E-state index in [0.717, 1.165) is 11.0 Å². The highest BCUT2D eigenvalue weighted by Gasteiger charge is 2.42. The summed E-state index contributed by atoms with van der Waals surface area (Å²) in [6.07, 6.45) is 4.99. The fraction of sp³-hybridized carbons (Fsp3) is 0.529. The average Bonchev–Trinajstić information content (AvgIpc) is 3.43. The molecule has 2 aliphatic rings. The molecule has 0 saturated heterocycles. The molecule has 2 N–H and O–H groups in total. The van der Waals surface area contributed by atoms with Crippen molar-refractivity contribution in [2.24, 2.45) is 11.8 Å². The zero-order valence-electron chi connectivity index (χ0n) is 12.5. The highest BCUT2D eigenvalue weighted by molar-refractivity contribution is 5.81. The van der Waals surface area contributed by atoms with Crippen molar-refractivity contribution in [1.29, 1.82) is 0 Å². The van der Waals surface area contributed by atoms with E-state index in [1.54, 1.807) is 0 Å². The van der Waals surface area contributed by atoms with E-state index in [1.165, 1.54) is 25.7 Å². The number of nitrogens with one attached hydrogen (secondary N) is 1. The van der Waals surface area contributed by atoms with Crippen LogP contribution in [0.3, 0.4) is 0 Å². The average molecular weight is 299 g/mol. The third kappa shape index (κ3) is 2.61. The zero-order valence-corrected chi connectivity index (χ0v) is 12.5. The molecule has 5 heteroatoms. The van der Waals surface area contributed by atoms with Crippen molar-refractivity contribution in [1.82, 2.24) is 14.9 Å². The molecule has 0 spiro atoms. The molecular weight excluding hydrogens is 278 g/mol. The predicted molar refractivity (Wildman–Crippen MR) is 83.0 cm³/mol. The highest BCUT2D eigenvalue weighted by Crippen LogP contribution is 2.44. The molecule has 2 fully saturated rings. The van der Waals surface area contributed by atoms with Crippen LogP contribution in [0.1, 0.15) is 31.5 Å². The first-order valence-electron chi connectivity index (χ1n) is 8.10. The molecule has 0 radical (unpaired) electrons. The summed E-state index contributed by atoms with van der Waals surface area (Å²) in [5.74, 6) is 1.95. The van der Waals surface area contributed by atoms with Crippen LogP contribution in [-0.2, 0) is 17.9 Å². The highest BCUT2D eigenvalue weighted by atomic mass is 16.3. The number of imidazole rings is 1. The Labute approximate surface area is 129 Å². The van der Waals surface area contributed by atoms with Crippen LogP contribution >= 0.6 is 0 Å². The number of nitrogens with zero attached hydrogens (tertiary/aromatic N) is 2. The van der Waals surface area contributed by atoms with E-state index in [2.05, 4.69) is 10.3 Å². The lowest BCUT2D eigenvalue weighted by Gasteiger charge is -2.18. The maximum Gasteiger partial charge on any atom is 0.240 e. The summed E-state index contributed by atoms with van der Waals surface area (Å²) < 4.78 is 1.82. The van der Waals surface area contributed by atoms with Crippen LogP contribution in [0.15, 0.2) is 24.3 Å². The second-order valence-corrected chi connectivity index (χ2v) is 6.53. The van der Waals surface area contributed by atoms with Crippen LogP contribution in [0.4, 0.5) is 0 Å². The number of rotatable bonds is 6. The van der Waals surface area contributed by atoms with Gasteiger partial charge >= 0.3 is 0 Å². The molecule has 0 aliphatic heterocycles. The van der Waals surface area contributed by atoms with Crippen LogP contribution in [0.5, 0.6) is 0 Å². The van der Waals surface area contributed by atoms with Crippen molar-refractivity contribution in [2.45, 2.75) is 44.9 Å². The van der Waals surface area contributed by atoms with Gasteiger partial charge in [-0.05, 0) is 49.7 Å². The first kappa shape index (κ1) is 13.8. The molecule has 0 unspecified atom stereocenters. The molecular formula is C17H21N3O2. The second kappa shape index (κ2) is 5.39. The van der Waals surface area contributed by atoms with Gasteiger partial charge in [-0.2, -0.15) is 0 Å². The Morgan fingerprint density at radius 2 is 1.95 bits per heavy atom. The van der Waals surface area contributed by atoms with Crippen LogP contribution < -0.4 is 5.32 Å². The number of aliphatic hydroxyl groups excluding tert-OH is 1. The number of aromatic nitrogens is 2. The number of carbonyl (C=O) groups excluding carboxylic acids is 1. The summed E-state index contributed by atoms with van der Waals surface area (Å²) >= 11 is 0. The van der Waals surface area contributed by atoms with Crippen LogP contribution in [0.25, 0.3) is 11.0 Å². The molecule has 0 bridgehead atoms. The molecule has 22 heavy (non-hydrogen) atoms. The van der Waals surface area contributed by atoms with Crippen molar-refractivity contribution < 1.29 is 9.90 Å². The molecule has 5 nitrogen and oxygen atoms in total. The van der Waals surface area contributed by atoms with E-state index >= 15 is 0 Å². The molecule has 2 aromatic rings. The molecule has 4 rings (SSSR count). The van der Waals surface area contributed by atoms with Crippen LogP contribution in [0, 0.1) is 11.8 Å². The van der Waals surface area contributed by atoms with Gasteiger partial charge in [-0.3, -0.25) is 4.79 Å². The van der Waals surface area contributed by atoms with E-state index in [4.69, 9.17) is 0 Å². The van der Waals surface area contributed by atoms with Crippen LogP contribution in [0.2, 0.25) is 0 Å². The Morgan fingerprint density at radius 1 is 1.27 bits per heavy atom. The Kier molecular flexibility index (Phi) is 3.37. The normalized spacial score (nSPS) is 18.1. The third-order valence-corrected chi connectivity index (χ3v) is 4.76. The number of aliphatic hydroxyl groups is 1. The standard InChI is InChI=1S/C17H21N3O2/c21-10-15-18-13-3-1-2-4-14(13)20(15)9-16(22)19-17(11-5-6-11)12-7-8-12/h1-4,11-12,17,21H,5-10H2,(H,19,22). The quantitative estimate of drug-likeness (QED) is 0.855. The number of amides is 1. The van der Waals surface area contributed by atoms with E-state index < -0.39 is 0 Å². The lowest BCUT2D eigenvalue weighted by Crippen LogP contribution is -2.40. The molecule has 0 atom stereocenters. The topological polar surface area (TPSA) is 67.2 Å². The minimum absolute atomic E-state index is 0.0293. The third-order valence-electron chi connectivity index (χ3n) is 4.76. The van der Waals surface area contributed by atoms with Crippen LogP contribution in [-0.4, -0.2) is 26.6 Å². The SMILES string of the molecule is O=C(Cn1c(CO)nc2ccccc21)NC(C1CC1)C1CC1. The van der Waals surface area contributed by atoms with Gasteiger partial charge in [0.2, 0.25) is 5.91 Å². The fourth-order valence-electron chi connectivity index (χ4n) is 3.33. The summed E-state index contributed by atoms with van der Waals surface area (Å²) in [5.41, 5.74) is 1.72. The van der Waals surface area contributed by atoms with Gasteiger partial charge < -0.3 is 15.0 Å². The lowest BCUT2D eigenvalue weighted by atomic mass is 10.1. The van der Waals surface area contributed by atoms with Gasteiger partial charge in [0.05, 0.1) is 11.0 Å². The predicted octanol–water partition coefficient (Wildman–Crippen LogP) is 1.83. The molecule has 1 amide bonds. The number of hydrogen-bond donors (Lipinski definition) is 2. The van der Waals surface area contributed by atoms with E-state index in [-0.39, 0.29) is 19.1 Å². The molecule has 1 aromatic heterocycles. The summed E-state index contributed by atoms with van der Waals surface area (Å²) in [5, 5.41) is 12.7. The minimum atomic E-state index is -0.156. The van der Waals surface area contributed by atoms with E-state index in [1.807, 2.05) is 28.8 Å². The number of para-hydroxylation sites is 2. The van der Waals surface area contributed by atoms with Crippen molar-refractivity contribution >= 4 is 16.9 Å². The smallest absolute Gasteiger partial charge is 0.240 e. The van der Waals surface area contributed by atoms with Crippen molar-refractivity contribution in [3.8, 4) is 0 Å². The molecule has 116 valence electrons. The number of benzene rings is 1. The summed E-state index contributed by atoms with van der Waals surface area (Å²) in [6.45, 7) is 0.0724. The van der Waals surface area contributed by atoms with Gasteiger partial charge in [0, 0.05) is 6.04 Å². The van der Waals surface area contributed by atoms with Crippen molar-refractivity contribution in [3.63, 3.8) is 0 Å². The number of hydrogen-bond acceptors (Lipinski definition) is 3. The molecule has 2 saturated carbocycles. The van der Waals surface area contributed by atoms with Gasteiger partial charge in [0.25, 0.3) is 0 Å². The van der Waals surface area contributed by atoms with Gasteiger partial charge in [-0.1, -0.05) is 12.1 Å². The minimum Gasteiger partial charge on any atom is -0.388 e. The summed E-state index contributed by atoms with van der Waals surface area (Å²) in [4.78, 5) is 16.8. The fourth-order valence-corrected chi connectivity index (χ4v) is 3.33. The maximum absolute atomic E-state index is 12.5. The zero-order chi connectivity index (χ0) is 15.1. The Hall–Kier alpha value is -1.88. The summed E-state index contributed by atoms with van der Waals surface area (Å²) in [7, 11) is 0. The first-order valence-corrected chi connectivity index (χ1v) is 8.10. The molecule has 2 aliphatic carbocycles. The largest absolute Gasteiger partial charge is 0.388 e. The Balaban J connectivity index is 1.53. The second-order valence-electron chi connectivity index (χ2n) is 6.53. The van der Waals surface area contributed by atoms with Crippen molar-refractivity contribution in [3.05, 3.63) is 30.1 Å². The van der Waals surface area contributed by atoms with Gasteiger partial charge in [0.1, 0.15) is 19.0 Å². The first-order chi connectivity index (χ1) is 10.8. The molecule has 1 aromatic carbocycles. The maximum atomic E-state index is 12.5. The number of fused-ring (bicyclic) bond motifs is 1. The number of carbonyl (C=O) groups is 1. The molecule has 1 heterocycles. The van der Waals surface area contributed by atoms with E-state index in [0.29, 0.717) is 23.7 Å². The van der Waals surface area contributed by atoms with Gasteiger partial charge in [-0.15, -0.1) is 0 Å².